The highest BCUT2D eigenvalue weighted by molar-refractivity contribution is 6.58. The molecule has 1 N–H and O–H groups in total. The van der Waals surface area contributed by atoms with E-state index in [4.69, 9.17) is 23.2 Å². The van der Waals surface area contributed by atoms with Gasteiger partial charge in [-0.2, -0.15) is 0 Å². The Kier molecular flexibility index (Phi) is 6.14. The summed E-state index contributed by atoms with van der Waals surface area (Å²) in [6, 6.07) is 18.5. The van der Waals surface area contributed by atoms with Crippen LogP contribution in [0.2, 0.25) is 0 Å². The van der Waals surface area contributed by atoms with Gasteiger partial charge in [-0.3, -0.25) is 24.1 Å². The lowest BCUT2D eigenvalue weighted by molar-refractivity contribution is -0.125. The van der Waals surface area contributed by atoms with Gasteiger partial charge in [0.05, 0.1) is 23.2 Å². The van der Waals surface area contributed by atoms with Crippen molar-refractivity contribution in [2.75, 3.05) is 9.80 Å². The van der Waals surface area contributed by atoms with E-state index in [0.29, 0.717) is 16.8 Å². The summed E-state index contributed by atoms with van der Waals surface area (Å²) in [7, 11) is 0. The third-order valence-electron chi connectivity index (χ3n) is 9.49. The molecule has 0 spiro atoms. The lowest BCUT2D eigenvalue weighted by atomic mass is 9.56. The largest absolute Gasteiger partial charge is 0.507 e. The van der Waals surface area contributed by atoms with Crippen molar-refractivity contribution in [1.82, 2.24) is 0 Å². The van der Waals surface area contributed by atoms with Crippen LogP contribution in [0.25, 0.3) is 0 Å². The van der Waals surface area contributed by atoms with Gasteiger partial charge in [0.15, 0.2) is 9.75 Å². The number of carbonyl (C=O) groups excluding carboxylic acids is 4. The first-order chi connectivity index (χ1) is 20.5. The predicted octanol–water partition coefficient (Wildman–Crippen LogP) is 5.61. The van der Waals surface area contributed by atoms with E-state index in [1.54, 1.807) is 55.5 Å². The average Bonchev–Trinajstić information content (AvgIpc) is 3.34. The summed E-state index contributed by atoms with van der Waals surface area (Å²) in [5.41, 5.74) is 1.91. The molecule has 10 heteroatoms. The molecule has 3 aromatic rings. The third-order valence-corrected chi connectivity index (χ3v) is 10.9. The summed E-state index contributed by atoms with van der Waals surface area (Å²) in [6.07, 6.45) is 1.83. The standard InChI is InChI=1S/C33H25Cl2FN2O5/c1-17-6-5-9-23(27(17)39)26-21-14-15-22-25(29(41)37(28(22)40)19-7-3-2-4-8-19)24(21)16-32(34)30(42)38(31(43)33(26,32)35)20-12-10-18(36)11-13-20/h2-14,22,24-26,39H,15-16H2,1H3/t22-,24+,25-,26+,32+,33-/m0/s1. The molecule has 2 heterocycles. The Hall–Kier alpha value is -4.01. The van der Waals surface area contributed by atoms with E-state index in [2.05, 4.69) is 0 Å². The second-order valence-corrected chi connectivity index (χ2v) is 12.9. The Morgan fingerprint density at radius 1 is 0.814 bits per heavy atom. The monoisotopic (exact) mass is 618 g/mol. The molecule has 7 rings (SSSR count). The first-order valence-electron chi connectivity index (χ1n) is 13.9. The van der Waals surface area contributed by atoms with E-state index in [-0.39, 0.29) is 35.7 Å². The number of imide groups is 2. The minimum Gasteiger partial charge on any atom is -0.507 e. The van der Waals surface area contributed by atoms with Crippen LogP contribution in [0.4, 0.5) is 15.8 Å². The van der Waals surface area contributed by atoms with Gasteiger partial charge in [-0.15, -0.1) is 23.2 Å². The number of alkyl halides is 2. The van der Waals surface area contributed by atoms with Gasteiger partial charge in [0.25, 0.3) is 11.8 Å². The van der Waals surface area contributed by atoms with Gasteiger partial charge >= 0.3 is 0 Å². The van der Waals surface area contributed by atoms with Crippen molar-refractivity contribution >= 4 is 58.2 Å². The molecule has 2 aliphatic heterocycles. The minimum atomic E-state index is -2.11. The fourth-order valence-corrected chi connectivity index (χ4v) is 8.42. The number of halogens is 3. The summed E-state index contributed by atoms with van der Waals surface area (Å²) >= 11 is 14.7. The number of aromatic hydroxyl groups is 1. The first kappa shape index (κ1) is 27.8. The van der Waals surface area contributed by atoms with Crippen molar-refractivity contribution in [1.29, 1.82) is 0 Å². The van der Waals surface area contributed by atoms with Gasteiger partial charge in [-0.25, -0.2) is 9.29 Å². The van der Waals surface area contributed by atoms with Crippen molar-refractivity contribution in [2.45, 2.75) is 35.4 Å². The molecule has 6 atom stereocenters. The molecule has 3 fully saturated rings. The molecule has 3 aromatic carbocycles. The van der Waals surface area contributed by atoms with Crippen LogP contribution in [-0.4, -0.2) is 38.5 Å². The van der Waals surface area contributed by atoms with Gasteiger partial charge in [-0.1, -0.05) is 48.0 Å². The average molecular weight is 619 g/mol. The van der Waals surface area contributed by atoms with E-state index in [1.165, 1.54) is 17.0 Å². The summed E-state index contributed by atoms with van der Waals surface area (Å²) in [4.78, 5) is 54.2. The van der Waals surface area contributed by atoms with Crippen LogP contribution in [0.1, 0.15) is 29.9 Å². The van der Waals surface area contributed by atoms with E-state index >= 15 is 0 Å². The number of para-hydroxylation sites is 2. The van der Waals surface area contributed by atoms with Crippen LogP contribution in [0, 0.1) is 30.5 Å². The smallest absolute Gasteiger partial charge is 0.258 e. The topological polar surface area (TPSA) is 95.0 Å². The fraction of sp³-hybridized carbons (Fsp3) is 0.273. The molecule has 4 aliphatic rings. The Bertz CT molecular complexity index is 1760. The molecule has 7 nitrogen and oxygen atoms in total. The highest BCUT2D eigenvalue weighted by atomic mass is 35.5. The first-order valence-corrected chi connectivity index (χ1v) is 14.7. The molecule has 0 unspecified atom stereocenters. The Morgan fingerprint density at radius 3 is 2.19 bits per heavy atom. The molecule has 43 heavy (non-hydrogen) atoms. The second kappa shape index (κ2) is 9.49. The van der Waals surface area contributed by atoms with Crippen LogP contribution < -0.4 is 9.80 Å². The number of aryl methyl sites for hydroxylation is 1. The zero-order valence-electron chi connectivity index (χ0n) is 22.8. The summed E-state index contributed by atoms with van der Waals surface area (Å²) in [5, 5.41) is 11.3. The van der Waals surface area contributed by atoms with E-state index in [9.17, 15) is 28.7 Å². The number of hydrogen-bond donors (Lipinski definition) is 1. The number of benzene rings is 3. The lowest BCUT2D eigenvalue weighted by Crippen LogP contribution is -2.60. The maximum atomic E-state index is 14.4. The summed E-state index contributed by atoms with van der Waals surface area (Å²) < 4.78 is 13.8. The van der Waals surface area contributed by atoms with E-state index < -0.39 is 57.0 Å². The number of carbonyl (C=O) groups is 4. The second-order valence-electron chi connectivity index (χ2n) is 11.6. The molecule has 2 saturated heterocycles. The molecule has 0 radical (unpaired) electrons. The van der Waals surface area contributed by atoms with E-state index in [1.807, 2.05) is 6.08 Å². The van der Waals surface area contributed by atoms with Crippen molar-refractivity contribution in [3.05, 3.63) is 101 Å². The van der Waals surface area contributed by atoms with Crippen molar-refractivity contribution in [3.8, 4) is 5.75 Å². The molecule has 0 bridgehead atoms. The molecule has 4 amide bonds. The Balaban J connectivity index is 1.42. The number of amides is 4. The maximum Gasteiger partial charge on any atom is 0.258 e. The molecule has 218 valence electrons. The van der Waals surface area contributed by atoms with Crippen molar-refractivity contribution in [3.63, 3.8) is 0 Å². The van der Waals surface area contributed by atoms with Crippen LogP contribution in [0.3, 0.4) is 0 Å². The molecule has 2 aliphatic carbocycles. The number of hydrogen-bond acceptors (Lipinski definition) is 5. The highest BCUT2D eigenvalue weighted by Crippen LogP contribution is 2.66. The summed E-state index contributed by atoms with van der Waals surface area (Å²) in [5.74, 6) is -6.46. The molecular weight excluding hydrogens is 594 g/mol. The van der Waals surface area contributed by atoms with Crippen LogP contribution in [0.5, 0.6) is 5.75 Å². The zero-order chi connectivity index (χ0) is 30.4. The van der Waals surface area contributed by atoms with Crippen molar-refractivity contribution in [2.24, 2.45) is 17.8 Å². The Labute approximate surface area is 256 Å². The number of phenolic OH excluding ortho intramolecular Hbond substituents is 1. The molecule has 1 saturated carbocycles. The van der Waals surface area contributed by atoms with Crippen LogP contribution in [-0.2, 0) is 19.2 Å². The van der Waals surface area contributed by atoms with Crippen LogP contribution in [0.15, 0.2) is 84.4 Å². The van der Waals surface area contributed by atoms with Gasteiger partial charge in [0, 0.05) is 11.5 Å². The SMILES string of the molecule is Cc1cccc([C@H]2C3=CC[C@@H]4C(=O)N(c5ccccc5)C(=O)[C@@H]4[C@@H]3C[C@@]3(Cl)C(=O)N(c4ccc(F)cc4)C(=O)[C@@]23Cl)c1O. The number of fused-ring (bicyclic) bond motifs is 4. The van der Waals surface area contributed by atoms with Gasteiger partial charge in [0.1, 0.15) is 11.6 Å². The van der Waals surface area contributed by atoms with E-state index in [0.717, 1.165) is 17.0 Å². The number of anilines is 2. The van der Waals surface area contributed by atoms with Gasteiger partial charge < -0.3 is 5.11 Å². The normalized spacial score (nSPS) is 31.6. The fourth-order valence-electron chi connectivity index (χ4n) is 7.49. The number of phenols is 1. The summed E-state index contributed by atoms with van der Waals surface area (Å²) in [6.45, 7) is 1.70. The molecule has 0 aromatic heterocycles. The Morgan fingerprint density at radius 2 is 1.49 bits per heavy atom. The zero-order valence-corrected chi connectivity index (χ0v) is 24.3. The number of rotatable bonds is 3. The number of nitrogens with zero attached hydrogens (tertiary/aromatic N) is 2. The predicted molar refractivity (Wildman–Crippen MR) is 158 cm³/mol. The lowest BCUT2D eigenvalue weighted by Gasteiger charge is -2.50. The third kappa shape index (κ3) is 3.60. The maximum absolute atomic E-state index is 14.4. The quantitative estimate of drug-likeness (QED) is 0.234. The van der Waals surface area contributed by atoms with Crippen LogP contribution >= 0.6 is 23.2 Å². The van der Waals surface area contributed by atoms with Gasteiger partial charge in [-0.05, 0) is 67.6 Å². The van der Waals surface area contributed by atoms with Gasteiger partial charge in [0.2, 0.25) is 11.8 Å². The highest BCUT2D eigenvalue weighted by Gasteiger charge is 2.77. The van der Waals surface area contributed by atoms with Crippen molar-refractivity contribution < 1.29 is 28.7 Å². The minimum absolute atomic E-state index is 0.0928. The molecular formula is C33H25Cl2FN2O5. The number of allylic oxidation sites excluding steroid dienone is 2.